The minimum Gasteiger partial charge on any atom is -0.497 e. The van der Waals surface area contributed by atoms with E-state index in [1.54, 1.807) is 13.3 Å². The Labute approximate surface area is 189 Å². The van der Waals surface area contributed by atoms with Crippen molar-refractivity contribution in [1.29, 1.82) is 0 Å². The number of ether oxygens (including phenoxy) is 4. The van der Waals surface area contributed by atoms with Gasteiger partial charge in [0.2, 0.25) is 5.43 Å². The van der Waals surface area contributed by atoms with E-state index in [2.05, 4.69) is 0 Å². The van der Waals surface area contributed by atoms with Gasteiger partial charge >= 0.3 is 0 Å². The molecule has 0 spiro atoms. The molecule has 6 nitrogen and oxygen atoms in total. The fourth-order valence-corrected chi connectivity index (χ4v) is 3.28. The number of unbranched alkanes of at least 4 members (excludes halogenated alkanes) is 1. The molecule has 3 aromatic rings. The lowest BCUT2D eigenvalue weighted by molar-refractivity contribution is 0.260. The van der Waals surface area contributed by atoms with Crippen LogP contribution in [0.25, 0.3) is 0 Å². The molecular formula is C26H31NO5. The van der Waals surface area contributed by atoms with Gasteiger partial charge in [0.1, 0.15) is 23.9 Å². The molecule has 0 saturated heterocycles. The molecule has 0 amide bonds. The SMILES string of the molecule is COc1ccc(OCCn2ccc(=O)c(OCCCCOc3cccc(C)c3)c2C)cc1. The highest BCUT2D eigenvalue weighted by atomic mass is 16.5. The highest BCUT2D eigenvalue weighted by molar-refractivity contribution is 5.31. The number of benzene rings is 2. The number of aromatic nitrogens is 1. The van der Waals surface area contributed by atoms with Gasteiger partial charge in [-0.25, -0.2) is 0 Å². The van der Waals surface area contributed by atoms with Crippen molar-refractivity contribution in [3.63, 3.8) is 0 Å². The molecule has 0 unspecified atom stereocenters. The Morgan fingerprint density at radius 3 is 2.19 bits per heavy atom. The van der Waals surface area contributed by atoms with E-state index >= 15 is 0 Å². The van der Waals surface area contributed by atoms with Crippen LogP contribution in [0.4, 0.5) is 0 Å². The third-order valence-electron chi connectivity index (χ3n) is 5.09. The van der Waals surface area contributed by atoms with Crippen molar-refractivity contribution in [2.75, 3.05) is 26.9 Å². The quantitative estimate of drug-likeness (QED) is 0.381. The molecule has 0 aliphatic rings. The van der Waals surface area contributed by atoms with E-state index in [1.165, 1.54) is 11.6 Å². The summed E-state index contributed by atoms with van der Waals surface area (Å²) in [6.45, 7) is 6.11. The zero-order chi connectivity index (χ0) is 22.8. The molecule has 32 heavy (non-hydrogen) atoms. The van der Waals surface area contributed by atoms with Gasteiger partial charge < -0.3 is 23.5 Å². The van der Waals surface area contributed by atoms with Crippen LogP contribution in [0.15, 0.2) is 65.6 Å². The van der Waals surface area contributed by atoms with Crippen LogP contribution in [0, 0.1) is 13.8 Å². The van der Waals surface area contributed by atoms with Crippen LogP contribution in [-0.2, 0) is 6.54 Å². The number of pyridine rings is 1. The zero-order valence-electron chi connectivity index (χ0n) is 19.0. The molecule has 0 aliphatic carbocycles. The number of hydrogen-bond donors (Lipinski definition) is 0. The zero-order valence-corrected chi connectivity index (χ0v) is 19.0. The Balaban J connectivity index is 1.43. The van der Waals surface area contributed by atoms with E-state index in [0.717, 1.165) is 35.8 Å². The van der Waals surface area contributed by atoms with Crippen molar-refractivity contribution < 1.29 is 18.9 Å². The number of aryl methyl sites for hydroxylation is 1. The Bertz CT molecular complexity index is 1040. The van der Waals surface area contributed by atoms with Gasteiger partial charge in [-0.15, -0.1) is 0 Å². The first-order valence-corrected chi connectivity index (χ1v) is 10.9. The lowest BCUT2D eigenvalue weighted by Crippen LogP contribution is -2.18. The Morgan fingerprint density at radius 2 is 1.47 bits per heavy atom. The molecule has 0 atom stereocenters. The maximum atomic E-state index is 12.3. The first-order valence-electron chi connectivity index (χ1n) is 10.9. The number of rotatable bonds is 12. The fraction of sp³-hybridized carbons (Fsp3) is 0.346. The first kappa shape index (κ1) is 23.3. The standard InChI is InChI=1S/C26H31NO5/c1-20-7-6-8-24(19-20)30-16-4-5-17-32-26-21(2)27(14-13-25(26)28)15-18-31-23-11-9-22(29-3)10-12-23/h6-14,19H,4-5,15-18H2,1-3H3. The number of methoxy groups -OCH3 is 1. The molecule has 6 heteroatoms. The van der Waals surface area contributed by atoms with Crippen LogP contribution >= 0.6 is 0 Å². The molecule has 3 rings (SSSR count). The monoisotopic (exact) mass is 437 g/mol. The maximum Gasteiger partial charge on any atom is 0.223 e. The average molecular weight is 438 g/mol. The van der Waals surface area contributed by atoms with Crippen molar-refractivity contribution in [2.24, 2.45) is 0 Å². The van der Waals surface area contributed by atoms with Gasteiger partial charge in [-0.05, 0) is 68.7 Å². The lowest BCUT2D eigenvalue weighted by Gasteiger charge is -2.15. The minimum atomic E-state index is -0.106. The van der Waals surface area contributed by atoms with Gasteiger partial charge in [-0.3, -0.25) is 4.79 Å². The summed E-state index contributed by atoms with van der Waals surface area (Å²) < 4.78 is 24.5. The van der Waals surface area contributed by atoms with Crippen LogP contribution < -0.4 is 24.4 Å². The molecule has 1 heterocycles. The predicted molar refractivity (Wildman–Crippen MR) is 125 cm³/mol. The van der Waals surface area contributed by atoms with Crippen molar-refractivity contribution >= 4 is 0 Å². The van der Waals surface area contributed by atoms with E-state index in [9.17, 15) is 4.79 Å². The van der Waals surface area contributed by atoms with Crippen molar-refractivity contribution in [1.82, 2.24) is 4.57 Å². The lowest BCUT2D eigenvalue weighted by atomic mass is 10.2. The minimum absolute atomic E-state index is 0.106. The van der Waals surface area contributed by atoms with Gasteiger partial charge in [0, 0.05) is 12.3 Å². The van der Waals surface area contributed by atoms with Crippen LogP contribution in [0.1, 0.15) is 24.1 Å². The topological polar surface area (TPSA) is 58.9 Å². The van der Waals surface area contributed by atoms with Crippen molar-refractivity contribution in [3.8, 4) is 23.0 Å². The summed E-state index contributed by atoms with van der Waals surface area (Å²) in [6, 6.07) is 17.0. The second kappa shape index (κ2) is 11.8. The van der Waals surface area contributed by atoms with E-state index < -0.39 is 0 Å². The third kappa shape index (κ3) is 6.80. The summed E-state index contributed by atoms with van der Waals surface area (Å²) >= 11 is 0. The summed E-state index contributed by atoms with van der Waals surface area (Å²) in [6.07, 6.45) is 3.43. The second-order valence-corrected chi connectivity index (χ2v) is 7.53. The van der Waals surface area contributed by atoms with Gasteiger partial charge in [0.15, 0.2) is 5.75 Å². The van der Waals surface area contributed by atoms with Crippen molar-refractivity contribution in [3.05, 3.63) is 82.3 Å². The third-order valence-corrected chi connectivity index (χ3v) is 5.09. The normalized spacial score (nSPS) is 10.6. The van der Waals surface area contributed by atoms with E-state index in [4.69, 9.17) is 18.9 Å². The maximum absolute atomic E-state index is 12.3. The highest BCUT2D eigenvalue weighted by Crippen LogP contribution is 2.18. The summed E-state index contributed by atoms with van der Waals surface area (Å²) in [4.78, 5) is 12.3. The molecule has 1 aromatic heterocycles. The number of hydrogen-bond acceptors (Lipinski definition) is 5. The molecule has 0 radical (unpaired) electrons. The largest absolute Gasteiger partial charge is 0.497 e. The van der Waals surface area contributed by atoms with Gasteiger partial charge in [-0.1, -0.05) is 12.1 Å². The Morgan fingerprint density at radius 1 is 0.781 bits per heavy atom. The Kier molecular flexibility index (Phi) is 8.61. The first-order chi connectivity index (χ1) is 15.6. The smallest absolute Gasteiger partial charge is 0.223 e. The highest BCUT2D eigenvalue weighted by Gasteiger charge is 2.09. The van der Waals surface area contributed by atoms with Gasteiger partial charge in [0.05, 0.1) is 32.6 Å². The van der Waals surface area contributed by atoms with E-state index in [0.29, 0.717) is 32.1 Å². The molecule has 2 aromatic carbocycles. The predicted octanol–water partition coefficient (Wildman–Crippen LogP) is 4.79. The molecule has 0 saturated carbocycles. The fourth-order valence-electron chi connectivity index (χ4n) is 3.28. The van der Waals surface area contributed by atoms with E-state index in [1.807, 2.05) is 66.9 Å². The van der Waals surface area contributed by atoms with Crippen molar-refractivity contribution in [2.45, 2.75) is 33.2 Å². The van der Waals surface area contributed by atoms with Crippen LogP contribution in [-0.4, -0.2) is 31.5 Å². The average Bonchev–Trinajstić information content (AvgIpc) is 2.80. The molecule has 170 valence electrons. The molecule has 0 fully saturated rings. The number of nitrogens with zero attached hydrogens (tertiary/aromatic N) is 1. The summed E-state index contributed by atoms with van der Waals surface area (Å²) in [5.41, 5.74) is 1.87. The molecular weight excluding hydrogens is 406 g/mol. The molecule has 0 N–H and O–H groups in total. The summed E-state index contributed by atoms with van der Waals surface area (Å²) in [5.74, 6) is 2.84. The molecule has 0 bridgehead atoms. The van der Waals surface area contributed by atoms with Gasteiger partial charge in [0.25, 0.3) is 0 Å². The molecule has 0 aliphatic heterocycles. The van der Waals surface area contributed by atoms with E-state index in [-0.39, 0.29) is 5.43 Å². The summed E-state index contributed by atoms with van der Waals surface area (Å²) in [7, 11) is 1.63. The van der Waals surface area contributed by atoms with Crippen LogP contribution in [0.5, 0.6) is 23.0 Å². The second-order valence-electron chi connectivity index (χ2n) is 7.53. The van der Waals surface area contributed by atoms with Crippen LogP contribution in [0.2, 0.25) is 0 Å². The Hall–Kier alpha value is -3.41. The van der Waals surface area contributed by atoms with Crippen LogP contribution in [0.3, 0.4) is 0 Å². The summed E-state index contributed by atoms with van der Waals surface area (Å²) in [5, 5.41) is 0. The van der Waals surface area contributed by atoms with Gasteiger partial charge in [-0.2, -0.15) is 0 Å².